The van der Waals surface area contributed by atoms with Gasteiger partial charge in [0, 0.05) is 6.42 Å². The number of carbonyl (C=O) groups excluding carboxylic acids is 1. The first-order chi connectivity index (χ1) is 14.7. The molecule has 1 heterocycles. The Morgan fingerprint density at radius 2 is 1.87 bits per heavy atom. The number of ether oxygens (including phenoxy) is 1. The highest BCUT2D eigenvalue weighted by Gasteiger charge is 2.21. The van der Waals surface area contributed by atoms with Crippen molar-refractivity contribution in [2.45, 2.75) is 50.0 Å². The fraction of sp³-hybridized carbons (Fsp3) is 0.400. The molecule has 0 saturated heterocycles. The van der Waals surface area contributed by atoms with Crippen molar-refractivity contribution in [2.24, 2.45) is 5.14 Å². The quantitative estimate of drug-likeness (QED) is 0.294. The molecule has 31 heavy (non-hydrogen) atoms. The van der Waals surface area contributed by atoms with Crippen LogP contribution >= 0.6 is 11.6 Å². The number of nitrogens with two attached hydrogens (primary N) is 1. The van der Waals surface area contributed by atoms with Crippen LogP contribution in [0.2, 0.25) is 5.02 Å². The minimum Gasteiger partial charge on any atom is -0.481 e. The van der Waals surface area contributed by atoms with Crippen molar-refractivity contribution >= 4 is 39.3 Å². The number of carbonyl (C=O) groups is 2. The largest absolute Gasteiger partial charge is 0.481 e. The first-order valence-electron chi connectivity index (χ1n) is 9.70. The van der Waals surface area contributed by atoms with E-state index in [9.17, 15) is 18.0 Å². The van der Waals surface area contributed by atoms with E-state index in [0.717, 1.165) is 25.3 Å². The van der Waals surface area contributed by atoms with Crippen LogP contribution in [-0.2, 0) is 26.1 Å². The lowest BCUT2D eigenvalue weighted by molar-refractivity contribution is -0.137. The standard InChI is InChI=1S/C20H25ClN2O7S/c21-16-12-17(23-13-14-7-6-10-29-14)15(11-18(16)31(22,27)28)20(26)30-9-5-3-1-2-4-8-19(24)25/h6-7,10-12,23H,1-5,8-9,13H2,(H,24,25)(H2,22,27,28). The Morgan fingerprint density at radius 3 is 2.52 bits per heavy atom. The summed E-state index contributed by atoms with van der Waals surface area (Å²) in [5.74, 6) is -0.921. The molecule has 0 spiro atoms. The lowest BCUT2D eigenvalue weighted by Gasteiger charge is -2.14. The van der Waals surface area contributed by atoms with Gasteiger partial charge in [0.05, 0.1) is 35.7 Å². The SMILES string of the molecule is NS(=O)(=O)c1cc(C(=O)OCCCCCCCC(=O)O)c(NCc2ccco2)cc1Cl. The van der Waals surface area contributed by atoms with Crippen LogP contribution in [-0.4, -0.2) is 32.1 Å². The van der Waals surface area contributed by atoms with Crippen LogP contribution in [0.1, 0.15) is 54.6 Å². The van der Waals surface area contributed by atoms with Gasteiger partial charge in [0.15, 0.2) is 0 Å². The Morgan fingerprint density at radius 1 is 1.16 bits per heavy atom. The number of aliphatic carboxylic acids is 1. The van der Waals surface area contributed by atoms with Crippen molar-refractivity contribution in [3.63, 3.8) is 0 Å². The molecule has 0 aliphatic carbocycles. The molecule has 2 rings (SSSR count). The van der Waals surface area contributed by atoms with Gasteiger partial charge in [-0.15, -0.1) is 0 Å². The number of carboxylic acid groups (broad SMARTS) is 1. The maximum Gasteiger partial charge on any atom is 0.340 e. The maximum absolute atomic E-state index is 12.6. The number of sulfonamides is 1. The molecular weight excluding hydrogens is 448 g/mol. The van der Waals surface area contributed by atoms with Gasteiger partial charge in [-0.3, -0.25) is 4.79 Å². The average Bonchev–Trinajstić information content (AvgIpc) is 3.20. The van der Waals surface area contributed by atoms with E-state index in [1.165, 1.54) is 12.3 Å². The fourth-order valence-electron chi connectivity index (χ4n) is 2.83. The van der Waals surface area contributed by atoms with E-state index in [2.05, 4.69) is 5.32 Å². The second-order valence-corrected chi connectivity index (χ2v) is 8.79. The normalized spacial score (nSPS) is 11.3. The molecule has 9 nitrogen and oxygen atoms in total. The van der Waals surface area contributed by atoms with E-state index in [-0.39, 0.29) is 40.7 Å². The number of halogens is 1. The van der Waals surface area contributed by atoms with Crippen LogP contribution in [0.15, 0.2) is 39.8 Å². The first kappa shape index (κ1) is 24.7. The van der Waals surface area contributed by atoms with Gasteiger partial charge in [0.1, 0.15) is 10.7 Å². The van der Waals surface area contributed by atoms with Gasteiger partial charge in [0.2, 0.25) is 10.0 Å². The lowest BCUT2D eigenvalue weighted by Crippen LogP contribution is -2.16. The minimum atomic E-state index is -4.14. The fourth-order valence-corrected chi connectivity index (χ4v) is 3.93. The highest BCUT2D eigenvalue weighted by atomic mass is 35.5. The number of esters is 1. The maximum atomic E-state index is 12.6. The van der Waals surface area contributed by atoms with E-state index >= 15 is 0 Å². The number of benzene rings is 1. The number of primary sulfonamides is 1. The number of furan rings is 1. The summed E-state index contributed by atoms with van der Waals surface area (Å²) in [6.07, 6.45) is 5.26. The van der Waals surface area contributed by atoms with Crippen molar-refractivity contribution in [1.29, 1.82) is 0 Å². The topological polar surface area (TPSA) is 149 Å². The van der Waals surface area contributed by atoms with Gasteiger partial charge in [-0.2, -0.15) is 0 Å². The van der Waals surface area contributed by atoms with Gasteiger partial charge in [0.25, 0.3) is 0 Å². The minimum absolute atomic E-state index is 0.0126. The van der Waals surface area contributed by atoms with E-state index < -0.39 is 22.0 Å². The monoisotopic (exact) mass is 472 g/mol. The third-order valence-electron chi connectivity index (χ3n) is 4.40. The number of hydrogen-bond donors (Lipinski definition) is 3. The van der Waals surface area contributed by atoms with Crippen LogP contribution in [0.25, 0.3) is 0 Å². The van der Waals surface area contributed by atoms with Crippen LogP contribution in [0.5, 0.6) is 0 Å². The van der Waals surface area contributed by atoms with Crippen LogP contribution in [0.4, 0.5) is 5.69 Å². The molecule has 0 aliphatic rings. The Bertz CT molecular complexity index is 991. The second-order valence-electron chi connectivity index (χ2n) is 6.85. The summed E-state index contributed by atoms with van der Waals surface area (Å²) < 4.78 is 34.1. The van der Waals surface area contributed by atoms with Gasteiger partial charge in [-0.1, -0.05) is 30.9 Å². The van der Waals surface area contributed by atoms with E-state index in [4.69, 9.17) is 31.0 Å². The molecule has 2 aromatic rings. The predicted molar refractivity (Wildman–Crippen MR) is 114 cm³/mol. The number of rotatable bonds is 13. The summed E-state index contributed by atoms with van der Waals surface area (Å²) in [5.41, 5.74) is 0.272. The molecule has 170 valence electrons. The zero-order valence-corrected chi connectivity index (χ0v) is 18.4. The number of carboxylic acids is 1. The molecule has 0 bridgehead atoms. The Hall–Kier alpha value is -2.56. The molecule has 0 atom stereocenters. The Balaban J connectivity index is 2.00. The summed E-state index contributed by atoms with van der Waals surface area (Å²) in [4.78, 5) is 22.7. The van der Waals surface area contributed by atoms with Crippen molar-refractivity contribution < 1.29 is 32.3 Å². The molecule has 0 fully saturated rings. The molecule has 0 aliphatic heterocycles. The average molecular weight is 473 g/mol. The van der Waals surface area contributed by atoms with Crippen molar-refractivity contribution in [1.82, 2.24) is 0 Å². The van der Waals surface area contributed by atoms with Crippen molar-refractivity contribution in [2.75, 3.05) is 11.9 Å². The van der Waals surface area contributed by atoms with Gasteiger partial charge in [-0.25, -0.2) is 18.4 Å². The lowest BCUT2D eigenvalue weighted by atomic mass is 10.1. The zero-order chi connectivity index (χ0) is 22.9. The molecule has 0 radical (unpaired) electrons. The summed E-state index contributed by atoms with van der Waals surface area (Å²) in [6, 6.07) is 5.85. The van der Waals surface area contributed by atoms with Gasteiger partial charge < -0.3 is 19.6 Å². The summed E-state index contributed by atoms with van der Waals surface area (Å²) in [6.45, 7) is 0.386. The molecule has 0 unspecified atom stereocenters. The Labute approximate surface area is 185 Å². The number of unbranched alkanes of at least 4 members (excludes halogenated alkanes) is 4. The van der Waals surface area contributed by atoms with Gasteiger partial charge in [-0.05, 0) is 37.1 Å². The molecule has 1 aromatic carbocycles. The smallest absolute Gasteiger partial charge is 0.340 e. The third-order valence-corrected chi connectivity index (χ3v) is 5.78. The molecule has 11 heteroatoms. The predicted octanol–water partition coefficient (Wildman–Crippen LogP) is 3.77. The number of nitrogens with one attached hydrogen (secondary N) is 1. The van der Waals surface area contributed by atoms with Crippen molar-refractivity contribution in [3.8, 4) is 0 Å². The molecule has 0 amide bonds. The third kappa shape index (κ3) is 8.23. The van der Waals surface area contributed by atoms with Crippen molar-refractivity contribution in [3.05, 3.63) is 46.9 Å². The van der Waals surface area contributed by atoms with Gasteiger partial charge >= 0.3 is 11.9 Å². The summed E-state index contributed by atoms with van der Waals surface area (Å²) in [5, 5.41) is 16.7. The van der Waals surface area contributed by atoms with E-state index in [0.29, 0.717) is 18.6 Å². The molecular formula is C20H25ClN2O7S. The van der Waals surface area contributed by atoms with E-state index in [1.54, 1.807) is 12.1 Å². The van der Waals surface area contributed by atoms with Crippen LogP contribution in [0, 0.1) is 0 Å². The summed E-state index contributed by atoms with van der Waals surface area (Å²) in [7, 11) is -4.14. The molecule has 0 saturated carbocycles. The zero-order valence-electron chi connectivity index (χ0n) is 16.8. The molecule has 1 aromatic heterocycles. The van der Waals surface area contributed by atoms with Crippen LogP contribution < -0.4 is 10.5 Å². The van der Waals surface area contributed by atoms with Crippen LogP contribution in [0.3, 0.4) is 0 Å². The first-order valence-corrected chi connectivity index (χ1v) is 11.6. The number of hydrogen-bond acceptors (Lipinski definition) is 7. The number of anilines is 1. The highest BCUT2D eigenvalue weighted by Crippen LogP contribution is 2.29. The molecule has 4 N–H and O–H groups in total. The second kappa shape index (κ2) is 11.7. The van der Waals surface area contributed by atoms with E-state index in [1.807, 2.05) is 0 Å². The Kier molecular flexibility index (Phi) is 9.35. The highest BCUT2D eigenvalue weighted by molar-refractivity contribution is 7.89. The summed E-state index contributed by atoms with van der Waals surface area (Å²) >= 11 is 6.05.